The standard InChI is InChI=1S/C12H17NOS/c1-9(2)8-11(14-12(13)15)10-6-4-3-5-7-10/h3-7,9,11H,8H2,1-2H3,(H2,13,15). The SMILES string of the molecule is CC(C)CC(OC(N)=S)c1ccccc1. The van der Waals surface area contributed by atoms with E-state index in [1.54, 1.807) is 0 Å². The van der Waals surface area contributed by atoms with E-state index in [-0.39, 0.29) is 11.3 Å². The molecule has 0 radical (unpaired) electrons. The summed E-state index contributed by atoms with van der Waals surface area (Å²) in [7, 11) is 0. The van der Waals surface area contributed by atoms with Crippen LogP contribution in [0.1, 0.15) is 31.9 Å². The van der Waals surface area contributed by atoms with E-state index in [9.17, 15) is 0 Å². The van der Waals surface area contributed by atoms with Crippen LogP contribution in [0.15, 0.2) is 30.3 Å². The zero-order chi connectivity index (χ0) is 11.3. The molecule has 0 saturated heterocycles. The fraction of sp³-hybridized carbons (Fsp3) is 0.417. The summed E-state index contributed by atoms with van der Waals surface area (Å²) in [5, 5.41) is 0.115. The van der Waals surface area contributed by atoms with E-state index < -0.39 is 0 Å². The van der Waals surface area contributed by atoms with Gasteiger partial charge in [0.1, 0.15) is 6.10 Å². The average Bonchev–Trinajstić information content (AvgIpc) is 2.17. The highest BCUT2D eigenvalue weighted by molar-refractivity contribution is 7.80. The van der Waals surface area contributed by atoms with Gasteiger partial charge in [-0.15, -0.1) is 0 Å². The predicted octanol–water partition coefficient (Wildman–Crippen LogP) is 3.03. The summed E-state index contributed by atoms with van der Waals surface area (Å²) >= 11 is 4.78. The molecular formula is C12H17NOS. The fourth-order valence-electron chi connectivity index (χ4n) is 1.49. The number of ether oxygens (including phenoxy) is 1. The summed E-state index contributed by atoms with van der Waals surface area (Å²) in [5.74, 6) is 0.546. The van der Waals surface area contributed by atoms with Gasteiger partial charge in [0.2, 0.25) is 0 Å². The van der Waals surface area contributed by atoms with Crippen molar-refractivity contribution in [1.82, 2.24) is 0 Å². The predicted molar refractivity (Wildman–Crippen MR) is 66.5 cm³/mol. The molecule has 0 aliphatic heterocycles. The van der Waals surface area contributed by atoms with E-state index in [0.717, 1.165) is 12.0 Å². The van der Waals surface area contributed by atoms with Crippen molar-refractivity contribution < 1.29 is 4.74 Å². The van der Waals surface area contributed by atoms with Gasteiger partial charge in [0, 0.05) is 0 Å². The van der Waals surface area contributed by atoms with Crippen molar-refractivity contribution in [2.45, 2.75) is 26.4 Å². The molecule has 2 nitrogen and oxygen atoms in total. The van der Waals surface area contributed by atoms with Crippen LogP contribution in [0.5, 0.6) is 0 Å². The van der Waals surface area contributed by atoms with Crippen LogP contribution in [0.25, 0.3) is 0 Å². The lowest BCUT2D eigenvalue weighted by Gasteiger charge is -2.20. The van der Waals surface area contributed by atoms with Crippen LogP contribution in [0.4, 0.5) is 0 Å². The molecule has 0 spiro atoms. The van der Waals surface area contributed by atoms with Crippen LogP contribution in [0, 0.1) is 5.92 Å². The van der Waals surface area contributed by atoms with Crippen LogP contribution >= 0.6 is 12.2 Å². The van der Waals surface area contributed by atoms with E-state index in [4.69, 9.17) is 22.7 Å². The van der Waals surface area contributed by atoms with E-state index >= 15 is 0 Å². The van der Waals surface area contributed by atoms with Gasteiger partial charge < -0.3 is 10.5 Å². The molecule has 1 unspecified atom stereocenters. The highest BCUT2D eigenvalue weighted by atomic mass is 32.1. The molecule has 0 fully saturated rings. The first-order valence-corrected chi connectivity index (χ1v) is 5.51. The minimum absolute atomic E-state index is 0.0244. The lowest BCUT2D eigenvalue weighted by molar-refractivity contribution is 0.167. The average molecular weight is 223 g/mol. The third kappa shape index (κ3) is 4.30. The first-order chi connectivity index (χ1) is 7.09. The molecule has 2 N–H and O–H groups in total. The number of thiocarbonyl (C=S) groups is 1. The molecule has 1 aromatic carbocycles. The first kappa shape index (κ1) is 12.0. The molecule has 0 saturated carbocycles. The zero-order valence-electron chi connectivity index (χ0n) is 9.14. The lowest BCUT2D eigenvalue weighted by Crippen LogP contribution is -2.18. The monoisotopic (exact) mass is 223 g/mol. The van der Waals surface area contributed by atoms with Crippen molar-refractivity contribution in [1.29, 1.82) is 0 Å². The third-order valence-corrected chi connectivity index (χ3v) is 2.21. The molecule has 0 aliphatic carbocycles. The summed E-state index contributed by atoms with van der Waals surface area (Å²) in [6.45, 7) is 4.30. The maximum Gasteiger partial charge on any atom is 0.254 e. The molecule has 0 aromatic heterocycles. The van der Waals surface area contributed by atoms with E-state index in [0.29, 0.717) is 5.92 Å². The van der Waals surface area contributed by atoms with Crippen LogP contribution < -0.4 is 5.73 Å². The summed E-state index contributed by atoms with van der Waals surface area (Å²) in [4.78, 5) is 0. The van der Waals surface area contributed by atoms with Gasteiger partial charge in [-0.05, 0) is 30.1 Å². The van der Waals surface area contributed by atoms with Gasteiger partial charge in [0.05, 0.1) is 0 Å². The number of hydrogen-bond acceptors (Lipinski definition) is 2. The van der Waals surface area contributed by atoms with Gasteiger partial charge in [-0.2, -0.15) is 0 Å². The minimum Gasteiger partial charge on any atom is -0.463 e. The van der Waals surface area contributed by atoms with Gasteiger partial charge in [-0.3, -0.25) is 0 Å². The molecule has 1 atom stereocenters. The molecule has 15 heavy (non-hydrogen) atoms. The van der Waals surface area contributed by atoms with Crippen molar-refractivity contribution in [3.05, 3.63) is 35.9 Å². The maximum absolute atomic E-state index is 5.46. The summed E-state index contributed by atoms with van der Waals surface area (Å²) in [6, 6.07) is 10.0. The molecule has 3 heteroatoms. The van der Waals surface area contributed by atoms with Crippen LogP contribution in [-0.4, -0.2) is 5.17 Å². The largest absolute Gasteiger partial charge is 0.463 e. The number of benzene rings is 1. The van der Waals surface area contributed by atoms with Crippen molar-refractivity contribution in [2.75, 3.05) is 0 Å². The molecule has 0 aliphatic rings. The van der Waals surface area contributed by atoms with Gasteiger partial charge in [-0.1, -0.05) is 44.2 Å². The third-order valence-electron chi connectivity index (χ3n) is 2.12. The van der Waals surface area contributed by atoms with Crippen molar-refractivity contribution in [3.8, 4) is 0 Å². The Morgan fingerprint density at radius 3 is 2.40 bits per heavy atom. The molecule has 0 heterocycles. The molecule has 0 bridgehead atoms. The Labute approximate surface area is 96.4 Å². The smallest absolute Gasteiger partial charge is 0.254 e. The summed E-state index contributed by atoms with van der Waals surface area (Å²) in [5.41, 5.74) is 6.54. The van der Waals surface area contributed by atoms with Crippen LogP contribution in [0.2, 0.25) is 0 Å². The molecular weight excluding hydrogens is 206 g/mol. The van der Waals surface area contributed by atoms with Gasteiger partial charge >= 0.3 is 0 Å². The Kier molecular flexibility index (Phi) is 4.56. The Morgan fingerprint density at radius 2 is 1.93 bits per heavy atom. The van der Waals surface area contributed by atoms with Crippen LogP contribution in [-0.2, 0) is 4.74 Å². The number of hydrogen-bond donors (Lipinski definition) is 1. The van der Waals surface area contributed by atoms with Gasteiger partial charge in [0.15, 0.2) is 0 Å². The molecule has 82 valence electrons. The molecule has 0 amide bonds. The molecule has 1 aromatic rings. The second-order valence-electron chi connectivity index (χ2n) is 3.97. The topological polar surface area (TPSA) is 35.2 Å². The Bertz CT molecular complexity index is 311. The number of rotatable bonds is 4. The van der Waals surface area contributed by atoms with Crippen molar-refractivity contribution in [2.24, 2.45) is 11.7 Å². The van der Waals surface area contributed by atoms with E-state index in [1.165, 1.54) is 0 Å². The summed E-state index contributed by atoms with van der Waals surface area (Å²) in [6.07, 6.45) is 0.894. The zero-order valence-corrected chi connectivity index (χ0v) is 9.96. The molecule has 1 rings (SSSR count). The normalized spacial score (nSPS) is 12.5. The maximum atomic E-state index is 5.46. The summed E-state index contributed by atoms with van der Waals surface area (Å²) < 4.78 is 5.46. The minimum atomic E-state index is -0.0244. The quantitative estimate of drug-likeness (QED) is 0.797. The van der Waals surface area contributed by atoms with Crippen LogP contribution in [0.3, 0.4) is 0 Å². The first-order valence-electron chi connectivity index (χ1n) is 5.10. The van der Waals surface area contributed by atoms with Gasteiger partial charge in [-0.25, -0.2) is 0 Å². The Balaban J connectivity index is 2.76. The lowest BCUT2D eigenvalue weighted by atomic mass is 9.99. The fourth-order valence-corrected chi connectivity index (χ4v) is 1.60. The highest BCUT2D eigenvalue weighted by Gasteiger charge is 2.14. The number of nitrogens with two attached hydrogens (primary N) is 1. The second-order valence-corrected chi connectivity index (χ2v) is 4.37. The Hall–Kier alpha value is -1.09. The Morgan fingerprint density at radius 1 is 1.33 bits per heavy atom. The second kappa shape index (κ2) is 5.71. The highest BCUT2D eigenvalue weighted by Crippen LogP contribution is 2.24. The van der Waals surface area contributed by atoms with Crippen molar-refractivity contribution in [3.63, 3.8) is 0 Å². The van der Waals surface area contributed by atoms with E-state index in [1.807, 2.05) is 30.3 Å². The van der Waals surface area contributed by atoms with E-state index in [2.05, 4.69) is 13.8 Å². The van der Waals surface area contributed by atoms with Crippen molar-refractivity contribution >= 4 is 17.4 Å². The van der Waals surface area contributed by atoms with Gasteiger partial charge in [0.25, 0.3) is 5.17 Å².